The number of ether oxygens (including phenoxy) is 1. The lowest BCUT2D eigenvalue weighted by atomic mass is 10.2. The van der Waals surface area contributed by atoms with E-state index >= 15 is 0 Å². The molecule has 0 saturated carbocycles. The zero-order valence-corrected chi connectivity index (χ0v) is 12.4. The van der Waals surface area contributed by atoms with E-state index in [0.717, 1.165) is 37.4 Å². The summed E-state index contributed by atoms with van der Waals surface area (Å²) in [6.45, 7) is 5.85. The van der Waals surface area contributed by atoms with Crippen molar-refractivity contribution in [1.29, 1.82) is 0 Å². The van der Waals surface area contributed by atoms with E-state index in [1.807, 2.05) is 12.1 Å². The summed E-state index contributed by atoms with van der Waals surface area (Å²) in [4.78, 5) is 0. The predicted molar refractivity (Wildman–Crippen MR) is 85.4 cm³/mol. The van der Waals surface area contributed by atoms with E-state index in [1.54, 1.807) is 0 Å². The first-order valence-electron chi connectivity index (χ1n) is 7.31. The van der Waals surface area contributed by atoms with Crippen LogP contribution in [0.2, 0.25) is 0 Å². The first-order valence-corrected chi connectivity index (χ1v) is 7.31. The Morgan fingerprint density at radius 1 is 1.00 bits per heavy atom. The smallest absolute Gasteiger partial charge is 0.124 e. The molecule has 0 spiro atoms. The molecule has 2 heteroatoms. The molecule has 0 bridgehead atoms. The predicted octanol–water partition coefficient (Wildman–Crippen LogP) is 4.79. The lowest BCUT2D eigenvalue weighted by Crippen LogP contribution is -2.04. The first kappa shape index (κ1) is 14.4. The third kappa shape index (κ3) is 4.30. The standard InChI is InChI=1S/C18H23NO/c1-3-4-13-20-18-8-6-5-7-16(18)14-19-17-11-9-15(2)10-12-17/h5-12,19H,3-4,13-14H2,1-2H3. The highest BCUT2D eigenvalue weighted by Crippen LogP contribution is 2.20. The van der Waals surface area contributed by atoms with Crippen LogP contribution in [0.15, 0.2) is 48.5 Å². The minimum Gasteiger partial charge on any atom is -0.493 e. The van der Waals surface area contributed by atoms with E-state index in [4.69, 9.17) is 4.74 Å². The largest absolute Gasteiger partial charge is 0.493 e. The van der Waals surface area contributed by atoms with E-state index in [1.165, 1.54) is 11.1 Å². The molecule has 20 heavy (non-hydrogen) atoms. The molecule has 0 heterocycles. The number of unbranched alkanes of at least 4 members (excludes halogenated alkanes) is 1. The summed E-state index contributed by atoms with van der Waals surface area (Å²) in [5, 5.41) is 3.44. The van der Waals surface area contributed by atoms with Crippen LogP contribution in [0.3, 0.4) is 0 Å². The van der Waals surface area contributed by atoms with Crippen LogP contribution >= 0.6 is 0 Å². The minimum absolute atomic E-state index is 0.783. The molecule has 1 N–H and O–H groups in total. The highest BCUT2D eigenvalue weighted by Gasteiger charge is 2.02. The Morgan fingerprint density at radius 3 is 2.50 bits per heavy atom. The molecule has 0 atom stereocenters. The summed E-state index contributed by atoms with van der Waals surface area (Å²) in [6.07, 6.45) is 2.25. The third-order valence-electron chi connectivity index (χ3n) is 3.26. The van der Waals surface area contributed by atoms with Crippen LogP contribution in [0.4, 0.5) is 5.69 Å². The summed E-state index contributed by atoms with van der Waals surface area (Å²) in [6, 6.07) is 16.7. The Morgan fingerprint density at radius 2 is 1.75 bits per heavy atom. The molecule has 0 unspecified atom stereocenters. The van der Waals surface area contributed by atoms with Gasteiger partial charge in [0.25, 0.3) is 0 Å². The van der Waals surface area contributed by atoms with Crippen molar-refractivity contribution in [2.75, 3.05) is 11.9 Å². The number of hydrogen-bond acceptors (Lipinski definition) is 2. The molecule has 0 saturated heterocycles. The van der Waals surface area contributed by atoms with Crippen LogP contribution in [-0.2, 0) is 6.54 Å². The molecule has 2 aromatic rings. The normalized spacial score (nSPS) is 10.3. The van der Waals surface area contributed by atoms with E-state index in [-0.39, 0.29) is 0 Å². The van der Waals surface area contributed by atoms with Gasteiger partial charge in [-0.1, -0.05) is 49.2 Å². The van der Waals surface area contributed by atoms with Gasteiger partial charge in [0.05, 0.1) is 6.61 Å². The van der Waals surface area contributed by atoms with Gasteiger partial charge in [0.1, 0.15) is 5.75 Å². The van der Waals surface area contributed by atoms with Crippen LogP contribution in [0.1, 0.15) is 30.9 Å². The van der Waals surface area contributed by atoms with Gasteiger partial charge in [0.2, 0.25) is 0 Å². The van der Waals surface area contributed by atoms with Crippen LogP contribution in [0, 0.1) is 6.92 Å². The quantitative estimate of drug-likeness (QED) is 0.730. The average molecular weight is 269 g/mol. The maximum atomic E-state index is 5.85. The Balaban J connectivity index is 1.96. The van der Waals surface area contributed by atoms with Crippen LogP contribution in [0.25, 0.3) is 0 Å². The fourth-order valence-electron chi connectivity index (χ4n) is 1.99. The summed E-state index contributed by atoms with van der Waals surface area (Å²) < 4.78 is 5.85. The molecule has 0 aliphatic heterocycles. The van der Waals surface area contributed by atoms with E-state index < -0.39 is 0 Å². The SMILES string of the molecule is CCCCOc1ccccc1CNc1ccc(C)cc1. The molecule has 2 aromatic carbocycles. The number of para-hydroxylation sites is 1. The number of aryl methyl sites for hydroxylation is 1. The molecule has 2 nitrogen and oxygen atoms in total. The Kier molecular flexibility index (Phi) is 5.48. The van der Waals surface area contributed by atoms with Gasteiger partial charge in [-0.05, 0) is 31.5 Å². The molecule has 0 radical (unpaired) electrons. The maximum Gasteiger partial charge on any atom is 0.124 e. The average Bonchev–Trinajstić information content (AvgIpc) is 2.48. The zero-order valence-electron chi connectivity index (χ0n) is 12.4. The molecule has 0 aromatic heterocycles. The lowest BCUT2D eigenvalue weighted by Gasteiger charge is -2.12. The van der Waals surface area contributed by atoms with Crippen molar-refractivity contribution in [2.24, 2.45) is 0 Å². The van der Waals surface area contributed by atoms with Gasteiger partial charge < -0.3 is 10.1 Å². The molecule has 2 rings (SSSR count). The fourth-order valence-corrected chi connectivity index (χ4v) is 1.99. The van der Waals surface area contributed by atoms with Crippen molar-refractivity contribution in [2.45, 2.75) is 33.2 Å². The van der Waals surface area contributed by atoms with Crippen molar-refractivity contribution >= 4 is 5.69 Å². The molecule has 0 amide bonds. The first-order chi connectivity index (χ1) is 9.79. The van der Waals surface area contributed by atoms with Crippen LogP contribution in [0.5, 0.6) is 5.75 Å². The van der Waals surface area contributed by atoms with Gasteiger partial charge in [0, 0.05) is 17.8 Å². The van der Waals surface area contributed by atoms with Crippen LogP contribution in [-0.4, -0.2) is 6.61 Å². The number of nitrogens with one attached hydrogen (secondary N) is 1. The Hall–Kier alpha value is -1.96. The Bertz CT molecular complexity index is 519. The van der Waals surface area contributed by atoms with Gasteiger partial charge in [-0.2, -0.15) is 0 Å². The van der Waals surface area contributed by atoms with Crippen molar-refractivity contribution in [3.05, 3.63) is 59.7 Å². The summed E-state index contributed by atoms with van der Waals surface area (Å²) in [5.74, 6) is 0.987. The minimum atomic E-state index is 0.783. The van der Waals surface area contributed by atoms with E-state index in [2.05, 4.69) is 55.6 Å². The molecular formula is C18H23NO. The zero-order chi connectivity index (χ0) is 14.2. The highest BCUT2D eigenvalue weighted by molar-refractivity contribution is 5.46. The monoisotopic (exact) mass is 269 g/mol. The second kappa shape index (κ2) is 7.59. The number of benzene rings is 2. The van der Waals surface area contributed by atoms with Crippen molar-refractivity contribution in [1.82, 2.24) is 0 Å². The van der Waals surface area contributed by atoms with Crippen molar-refractivity contribution in [3.8, 4) is 5.75 Å². The van der Waals surface area contributed by atoms with Gasteiger partial charge in [0.15, 0.2) is 0 Å². The van der Waals surface area contributed by atoms with Crippen molar-refractivity contribution in [3.63, 3.8) is 0 Å². The number of anilines is 1. The van der Waals surface area contributed by atoms with Crippen molar-refractivity contribution < 1.29 is 4.74 Å². The number of hydrogen-bond donors (Lipinski definition) is 1. The van der Waals surface area contributed by atoms with Crippen LogP contribution < -0.4 is 10.1 Å². The van der Waals surface area contributed by atoms with Gasteiger partial charge in [-0.3, -0.25) is 0 Å². The molecule has 0 aliphatic carbocycles. The third-order valence-corrected chi connectivity index (χ3v) is 3.26. The second-order valence-corrected chi connectivity index (χ2v) is 5.03. The summed E-state index contributed by atoms with van der Waals surface area (Å²) in [7, 11) is 0. The topological polar surface area (TPSA) is 21.3 Å². The molecular weight excluding hydrogens is 246 g/mol. The molecule has 0 fully saturated rings. The fraction of sp³-hybridized carbons (Fsp3) is 0.333. The Labute approximate surface area is 121 Å². The molecule has 0 aliphatic rings. The van der Waals surface area contributed by atoms with E-state index in [0.29, 0.717) is 0 Å². The van der Waals surface area contributed by atoms with Gasteiger partial charge >= 0.3 is 0 Å². The number of rotatable bonds is 7. The molecule has 106 valence electrons. The summed E-state index contributed by atoms with van der Waals surface area (Å²) >= 11 is 0. The van der Waals surface area contributed by atoms with Gasteiger partial charge in [-0.25, -0.2) is 0 Å². The summed E-state index contributed by atoms with van der Waals surface area (Å²) in [5.41, 5.74) is 3.61. The highest BCUT2D eigenvalue weighted by atomic mass is 16.5. The van der Waals surface area contributed by atoms with Gasteiger partial charge in [-0.15, -0.1) is 0 Å². The lowest BCUT2D eigenvalue weighted by molar-refractivity contribution is 0.306. The maximum absolute atomic E-state index is 5.85. The second-order valence-electron chi connectivity index (χ2n) is 5.03. The van der Waals surface area contributed by atoms with E-state index in [9.17, 15) is 0 Å².